The topological polar surface area (TPSA) is 19.7 Å². The molecule has 4 heteroatoms. The molecule has 0 aromatic heterocycles. The minimum absolute atomic E-state index is 0.455. The van der Waals surface area contributed by atoms with Gasteiger partial charge in [0.1, 0.15) is 0 Å². The molecule has 1 atom stereocenters. The van der Waals surface area contributed by atoms with Crippen molar-refractivity contribution in [2.45, 2.75) is 25.8 Å². The zero-order valence-electron chi connectivity index (χ0n) is 12.1. The molecule has 1 aliphatic heterocycles. The molecule has 0 bridgehead atoms. The van der Waals surface area contributed by atoms with E-state index >= 15 is 0 Å². The summed E-state index contributed by atoms with van der Waals surface area (Å²) in [5, 5.41) is 4.26. The molecule has 0 radical (unpaired) electrons. The van der Waals surface area contributed by atoms with Gasteiger partial charge >= 0.3 is 0 Å². The van der Waals surface area contributed by atoms with Crippen molar-refractivity contribution in [2.24, 2.45) is 0 Å². The minimum atomic E-state index is 0.455. The number of hydrogen-bond donors (Lipinski definition) is 2. The van der Waals surface area contributed by atoms with Gasteiger partial charge in [0.05, 0.1) is 20.6 Å². The van der Waals surface area contributed by atoms with Crippen molar-refractivity contribution in [1.82, 2.24) is 5.32 Å². The van der Waals surface area contributed by atoms with Crippen LogP contribution in [0.3, 0.4) is 0 Å². The first-order valence-electron chi connectivity index (χ1n) is 7.03. The van der Waals surface area contributed by atoms with Crippen LogP contribution in [0.5, 0.6) is 0 Å². The van der Waals surface area contributed by atoms with E-state index in [9.17, 15) is 0 Å². The number of thiocarbonyl (C=S) groups is 1. The van der Waals surface area contributed by atoms with E-state index in [1.165, 1.54) is 22.7 Å². The molecule has 19 heavy (non-hydrogen) atoms. The van der Waals surface area contributed by atoms with Crippen LogP contribution in [0.25, 0.3) is 0 Å². The van der Waals surface area contributed by atoms with E-state index < -0.39 is 0 Å². The Labute approximate surface area is 121 Å². The smallest absolute Gasteiger partial charge is 0.173 e. The van der Waals surface area contributed by atoms with Crippen LogP contribution in [0.2, 0.25) is 0 Å². The third-order valence-corrected chi connectivity index (χ3v) is 3.90. The Hall–Kier alpha value is -1.13. The van der Waals surface area contributed by atoms with Crippen LogP contribution in [0.4, 0.5) is 5.69 Å². The number of anilines is 1. The summed E-state index contributed by atoms with van der Waals surface area (Å²) >= 11 is 5.55. The average Bonchev–Trinajstić information content (AvgIpc) is 2.70. The highest BCUT2D eigenvalue weighted by atomic mass is 32.1. The number of nitrogens with zero attached hydrogens (tertiary/aromatic N) is 1. The maximum Gasteiger partial charge on any atom is 0.173 e. The lowest BCUT2D eigenvalue weighted by atomic mass is 10.1. The molecule has 0 spiro atoms. The molecule has 1 aromatic rings. The van der Waals surface area contributed by atoms with Crippen LogP contribution in [0, 0.1) is 0 Å². The molecule has 0 aliphatic carbocycles. The molecule has 0 fully saturated rings. The van der Waals surface area contributed by atoms with Gasteiger partial charge in [0.25, 0.3) is 0 Å². The molecule has 0 unspecified atom stereocenters. The molecule has 104 valence electrons. The van der Waals surface area contributed by atoms with Gasteiger partial charge in [-0.1, -0.05) is 18.2 Å². The fraction of sp³-hybridized carbons (Fsp3) is 0.533. The second-order valence-corrected chi connectivity index (χ2v) is 5.98. The van der Waals surface area contributed by atoms with E-state index in [0.29, 0.717) is 6.04 Å². The summed E-state index contributed by atoms with van der Waals surface area (Å²) in [7, 11) is 4.36. The monoisotopic (exact) mass is 278 g/mol. The van der Waals surface area contributed by atoms with Gasteiger partial charge in [-0.15, -0.1) is 0 Å². The maximum absolute atomic E-state index is 5.55. The first kappa shape index (κ1) is 14.3. The number of hydrogen-bond acceptors (Lipinski definition) is 1. The van der Waals surface area contributed by atoms with Gasteiger partial charge in [0, 0.05) is 24.7 Å². The second-order valence-electron chi connectivity index (χ2n) is 5.59. The number of benzene rings is 1. The fourth-order valence-electron chi connectivity index (χ4n) is 2.60. The summed E-state index contributed by atoms with van der Waals surface area (Å²) in [5.74, 6) is 0. The molecular formula is C15H24N3S+. The van der Waals surface area contributed by atoms with E-state index in [2.05, 4.69) is 55.5 Å². The van der Waals surface area contributed by atoms with Gasteiger partial charge in [-0.2, -0.15) is 0 Å². The van der Waals surface area contributed by atoms with Gasteiger partial charge in [-0.25, -0.2) is 0 Å². The molecule has 0 saturated carbocycles. The summed E-state index contributed by atoms with van der Waals surface area (Å²) in [6.07, 6.45) is 2.23. The molecule has 2 rings (SSSR count). The Morgan fingerprint density at radius 3 is 2.89 bits per heavy atom. The lowest BCUT2D eigenvalue weighted by molar-refractivity contribution is -0.858. The van der Waals surface area contributed by atoms with Crippen LogP contribution in [0.15, 0.2) is 24.3 Å². The van der Waals surface area contributed by atoms with Crippen molar-refractivity contribution in [2.75, 3.05) is 32.1 Å². The zero-order valence-corrected chi connectivity index (χ0v) is 12.9. The summed E-state index contributed by atoms with van der Waals surface area (Å²) in [5.41, 5.74) is 2.67. The van der Waals surface area contributed by atoms with Crippen molar-refractivity contribution in [3.05, 3.63) is 29.8 Å². The number of fused-ring (bicyclic) bond motifs is 1. The van der Waals surface area contributed by atoms with Crippen molar-refractivity contribution < 1.29 is 4.90 Å². The molecule has 1 aliphatic rings. The van der Waals surface area contributed by atoms with Crippen LogP contribution >= 0.6 is 12.2 Å². The standard InChI is InChI=1S/C15H23N3S/c1-12-11-13-7-4-5-8-14(13)18(12)15(19)16-9-6-10-17(2)3/h4-5,7-8,12H,6,9-11H2,1-3H3,(H,16,19)/p+1/t12-/m0/s1. The highest BCUT2D eigenvalue weighted by molar-refractivity contribution is 7.80. The number of rotatable bonds is 4. The number of quaternary nitrogens is 1. The van der Waals surface area contributed by atoms with Crippen LogP contribution in [0.1, 0.15) is 18.9 Å². The summed E-state index contributed by atoms with van der Waals surface area (Å²) < 4.78 is 0. The first-order valence-corrected chi connectivity index (χ1v) is 7.44. The molecule has 2 N–H and O–H groups in total. The molecule has 1 heterocycles. The van der Waals surface area contributed by atoms with Gasteiger partial charge < -0.3 is 15.1 Å². The van der Waals surface area contributed by atoms with Gasteiger partial charge in [-0.05, 0) is 37.2 Å². The maximum atomic E-state index is 5.55. The molecule has 0 amide bonds. The Morgan fingerprint density at radius 1 is 1.42 bits per heavy atom. The van der Waals surface area contributed by atoms with Gasteiger partial charge in [-0.3, -0.25) is 0 Å². The summed E-state index contributed by atoms with van der Waals surface area (Å²) in [6, 6.07) is 9.00. The van der Waals surface area contributed by atoms with Crippen LogP contribution in [-0.2, 0) is 6.42 Å². The Bertz CT molecular complexity index is 445. The molecule has 1 aromatic carbocycles. The number of nitrogens with one attached hydrogen (secondary N) is 2. The van der Waals surface area contributed by atoms with E-state index in [-0.39, 0.29) is 0 Å². The van der Waals surface area contributed by atoms with Crippen molar-refractivity contribution in [3.8, 4) is 0 Å². The van der Waals surface area contributed by atoms with E-state index in [1.807, 2.05) is 0 Å². The summed E-state index contributed by atoms with van der Waals surface area (Å²) in [6.45, 7) is 4.36. The SMILES string of the molecule is C[C@H]1Cc2ccccc2N1C(=S)NCCC[NH+](C)C. The zero-order chi connectivity index (χ0) is 13.8. The predicted molar refractivity (Wildman–Crippen MR) is 85.0 cm³/mol. The first-order chi connectivity index (χ1) is 9.09. The molecular weight excluding hydrogens is 254 g/mol. The lowest BCUT2D eigenvalue weighted by Gasteiger charge is -2.26. The minimum Gasteiger partial charge on any atom is -0.362 e. The third-order valence-electron chi connectivity index (χ3n) is 3.56. The van der Waals surface area contributed by atoms with Crippen molar-refractivity contribution in [1.29, 1.82) is 0 Å². The van der Waals surface area contributed by atoms with E-state index in [0.717, 1.165) is 24.5 Å². The van der Waals surface area contributed by atoms with Crippen molar-refractivity contribution in [3.63, 3.8) is 0 Å². The molecule has 0 saturated heterocycles. The Morgan fingerprint density at radius 2 is 2.16 bits per heavy atom. The predicted octanol–water partition coefficient (Wildman–Crippen LogP) is 0.847. The highest BCUT2D eigenvalue weighted by Crippen LogP contribution is 2.31. The average molecular weight is 278 g/mol. The highest BCUT2D eigenvalue weighted by Gasteiger charge is 2.28. The van der Waals surface area contributed by atoms with Gasteiger partial charge in [0.2, 0.25) is 0 Å². The molecule has 3 nitrogen and oxygen atoms in total. The third kappa shape index (κ3) is 3.45. The fourth-order valence-corrected chi connectivity index (χ4v) is 2.98. The van der Waals surface area contributed by atoms with Crippen molar-refractivity contribution >= 4 is 23.0 Å². The van der Waals surface area contributed by atoms with Crippen LogP contribution in [-0.4, -0.2) is 38.3 Å². The van der Waals surface area contributed by atoms with E-state index in [1.54, 1.807) is 0 Å². The second kappa shape index (κ2) is 6.35. The Balaban J connectivity index is 1.92. The quantitative estimate of drug-likeness (QED) is 0.629. The largest absolute Gasteiger partial charge is 0.362 e. The van der Waals surface area contributed by atoms with E-state index in [4.69, 9.17) is 12.2 Å². The van der Waals surface area contributed by atoms with Crippen LogP contribution < -0.4 is 15.1 Å². The Kier molecular flexibility index (Phi) is 4.77. The number of para-hydroxylation sites is 1. The summed E-state index contributed by atoms with van der Waals surface area (Å²) in [4.78, 5) is 3.74. The van der Waals surface area contributed by atoms with Gasteiger partial charge in [0.15, 0.2) is 5.11 Å². The lowest BCUT2D eigenvalue weighted by Crippen LogP contribution is -3.05. The normalized spacial score (nSPS) is 17.7.